The van der Waals surface area contributed by atoms with Gasteiger partial charge in [0.2, 0.25) is 0 Å². The summed E-state index contributed by atoms with van der Waals surface area (Å²) in [5.74, 6) is 5.79. The van der Waals surface area contributed by atoms with Gasteiger partial charge in [-0.3, -0.25) is 0 Å². The van der Waals surface area contributed by atoms with E-state index in [0.29, 0.717) is 0 Å². The molecule has 1 aliphatic carbocycles. The highest BCUT2D eigenvalue weighted by Crippen LogP contribution is 2.24. The van der Waals surface area contributed by atoms with E-state index in [0.717, 1.165) is 32.2 Å². The minimum atomic E-state index is -2.89. The molecule has 0 aromatic rings. The van der Waals surface area contributed by atoms with Crippen molar-refractivity contribution in [3.05, 3.63) is 0 Å². The average molecular weight is 229 g/mol. The van der Waals surface area contributed by atoms with E-state index in [1.165, 1.54) is 6.26 Å². The Balaban J connectivity index is 2.43. The molecule has 1 aliphatic rings. The molecule has 3 nitrogen and oxygen atoms in total. The van der Waals surface area contributed by atoms with Gasteiger partial charge in [0.25, 0.3) is 0 Å². The lowest BCUT2D eigenvalue weighted by Gasteiger charge is -2.18. The van der Waals surface area contributed by atoms with Crippen LogP contribution in [0.15, 0.2) is 0 Å². The van der Waals surface area contributed by atoms with Crippen LogP contribution in [-0.2, 0) is 9.84 Å². The second kappa shape index (κ2) is 5.53. The van der Waals surface area contributed by atoms with Crippen molar-refractivity contribution < 1.29 is 8.42 Å². The Hall–Kier alpha value is -0.530. The highest BCUT2D eigenvalue weighted by Gasteiger charge is 2.33. The van der Waals surface area contributed by atoms with Crippen LogP contribution in [0.2, 0.25) is 0 Å². The van der Waals surface area contributed by atoms with Gasteiger partial charge in [0.15, 0.2) is 9.84 Å². The Kier molecular flexibility index (Phi) is 4.62. The minimum absolute atomic E-state index is 0.138. The zero-order valence-corrected chi connectivity index (χ0v) is 10.2. The molecule has 1 N–H and O–H groups in total. The maximum atomic E-state index is 11.5. The van der Waals surface area contributed by atoms with Crippen molar-refractivity contribution in [2.45, 2.75) is 43.9 Å². The van der Waals surface area contributed by atoms with Gasteiger partial charge in [-0.05, 0) is 19.8 Å². The summed E-state index contributed by atoms with van der Waals surface area (Å²) in [5.41, 5.74) is 0. The lowest BCUT2D eigenvalue weighted by atomic mass is 10.2. The molecule has 0 bridgehead atoms. The molecule has 2 atom stereocenters. The molecule has 86 valence electrons. The Morgan fingerprint density at radius 1 is 1.40 bits per heavy atom. The van der Waals surface area contributed by atoms with E-state index in [2.05, 4.69) is 17.2 Å². The van der Waals surface area contributed by atoms with E-state index >= 15 is 0 Å². The van der Waals surface area contributed by atoms with E-state index in [1.807, 2.05) is 6.92 Å². The first-order valence-electron chi connectivity index (χ1n) is 5.37. The van der Waals surface area contributed by atoms with Gasteiger partial charge in [0.1, 0.15) is 0 Å². The van der Waals surface area contributed by atoms with Crippen LogP contribution >= 0.6 is 0 Å². The monoisotopic (exact) mass is 229 g/mol. The van der Waals surface area contributed by atoms with Crippen molar-refractivity contribution in [1.82, 2.24) is 5.32 Å². The maximum Gasteiger partial charge on any atom is 0.151 e. The van der Waals surface area contributed by atoms with Crippen molar-refractivity contribution in [3.63, 3.8) is 0 Å². The largest absolute Gasteiger partial charge is 0.312 e. The summed E-state index contributed by atoms with van der Waals surface area (Å²) in [4.78, 5) is 0. The van der Waals surface area contributed by atoms with Crippen LogP contribution in [0.3, 0.4) is 0 Å². The highest BCUT2D eigenvalue weighted by atomic mass is 32.2. The first-order valence-corrected chi connectivity index (χ1v) is 7.33. The van der Waals surface area contributed by atoms with Crippen molar-refractivity contribution in [3.8, 4) is 11.8 Å². The standard InChI is InChI=1S/C11H19NO2S/c1-3-4-5-9-12-10-7-6-8-11(10)15(2,13)14/h10-12H,5-9H2,1-2H3. The number of rotatable bonds is 4. The lowest BCUT2D eigenvalue weighted by molar-refractivity contribution is 0.513. The summed E-state index contributed by atoms with van der Waals surface area (Å²) in [6.45, 7) is 2.60. The number of hydrogen-bond donors (Lipinski definition) is 1. The van der Waals surface area contributed by atoms with E-state index in [-0.39, 0.29) is 11.3 Å². The molecule has 15 heavy (non-hydrogen) atoms. The van der Waals surface area contributed by atoms with Crippen molar-refractivity contribution in [1.29, 1.82) is 0 Å². The zero-order chi connectivity index (χ0) is 11.3. The molecular formula is C11H19NO2S. The van der Waals surface area contributed by atoms with Crippen LogP contribution in [0, 0.1) is 11.8 Å². The molecule has 2 unspecified atom stereocenters. The first-order chi connectivity index (χ1) is 7.05. The summed E-state index contributed by atoms with van der Waals surface area (Å²) in [7, 11) is -2.89. The molecule has 0 heterocycles. The summed E-state index contributed by atoms with van der Waals surface area (Å²) in [6.07, 6.45) is 4.91. The number of hydrogen-bond acceptors (Lipinski definition) is 3. The van der Waals surface area contributed by atoms with Crippen LogP contribution in [0.4, 0.5) is 0 Å². The van der Waals surface area contributed by atoms with E-state index in [4.69, 9.17) is 0 Å². The minimum Gasteiger partial charge on any atom is -0.312 e. The molecule has 0 aliphatic heterocycles. The topological polar surface area (TPSA) is 46.2 Å². The van der Waals surface area contributed by atoms with Crippen LogP contribution < -0.4 is 5.32 Å². The third-order valence-corrected chi connectivity index (χ3v) is 4.50. The quantitative estimate of drug-likeness (QED) is 0.577. The Labute approximate surface area is 92.6 Å². The van der Waals surface area contributed by atoms with E-state index < -0.39 is 9.84 Å². The normalized spacial score (nSPS) is 26.0. The molecule has 1 rings (SSSR count). The van der Waals surface area contributed by atoms with Crippen LogP contribution in [-0.4, -0.2) is 32.5 Å². The highest BCUT2D eigenvalue weighted by molar-refractivity contribution is 7.91. The molecule has 0 radical (unpaired) electrons. The third-order valence-electron chi connectivity index (χ3n) is 2.84. The SMILES string of the molecule is CC#CCCNC1CCCC1S(C)(=O)=O. The third kappa shape index (κ3) is 3.84. The van der Waals surface area contributed by atoms with Gasteiger partial charge in [0.05, 0.1) is 5.25 Å². The summed E-state index contributed by atoms with van der Waals surface area (Å²) in [6, 6.07) is 0.138. The van der Waals surface area contributed by atoms with E-state index in [9.17, 15) is 8.42 Å². The van der Waals surface area contributed by atoms with Crippen LogP contribution in [0.5, 0.6) is 0 Å². The van der Waals surface area contributed by atoms with Crippen molar-refractivity contribution in [2.24, 2.45) is 0 Å². The zero-order valence-electron chi connectivity index (χ0n) is 9.41. The molecule has 0 spiro atoms. The smallest absolute Gasteiger partial charge is 0.151 e. The lowest BCUT2D eigenvalue weighted by Crippen LogP contribution is -2.40. The molecule has 1 saturated carbocycles. The van der Waals surface area contributed by atoms with Gasteiger partial charge in [-0.1, -0.05) is 6.42 Å². The average Bonchev–Trinajstić information content (AvgIpc) is 2.59. The predicted octanol–water partition coefficient (Wildman–Crippen LogP) is 0.955. The summed E-state index contributed by atoms with van der Waals surface area (Å²) >= 11 is 0. The van der Waals surface area contributed by atoms with Gasteiger partial charge < -0.3 is 5.32 Å². The van der Waals surface area contributed by atoms with Gasteiger partial charge in [-0.25, -0.2) is 8.42 Å². The Bertz CT molecular complexity index is 351. The first kappa shape index (κ1) is 12.5. The fourth-order valence-corrected chi connectivity index (χ4v) is 3.54. The molecular weight excluding hydrogens is 210 g/mol. The Morgan fingerprint density at radius 2 is 2.13 bits per heavy atom. The summed E-state index contributed by atoms with van der Waals surface area (Å²) < 4.78 is 22.9. The maximum absolute atomic E-state index is 11.5. The molecule has 1 fully saturated rings. The number of nitrogens with one attached hydrogen (secondary N) is 1. The molecule has 0 saturated heterocycles. The van der Waals surface area contributed by atoms with E-state index in [1.54, 1.807) is 0 Å². The molecule has 4 heteroatoms. The van der Waals surface area contributed by atoms with Gasteiger partial charge >= 0.3 is 0 Å². The molecule has 0 amide bonds. The fourth-order valence-electron chi connectivity index (χ4n) is 2.12. The number of sulfone groups is 1. The second-order valence-corrected chi connectivity index (χ2v) is 6.30. The summed E-state index contributed by atoms with van der Waals surface area (Å²) in [5, 5.41) is 3.10. The fraction of sp³-hybridized carbons (Fsp3) is 0.818. The van der Waals surface area contributed by atoms with Crippen molar-refractivity contribution in [2.75, 3.05) is 12.8 Å². The van der Waals surface area contributed by atoms with Gasteiger partial charge in [-0.15, -0.1) is 11.8 Å². The predicted molar refractivity (Wildman–Crippen MR) is 62.3 cm³/mol. The Morgan fingerprint density at radius 3 is 2.73 bits per heavy atom. The van der Waals surface area contributed by atoms with Crippen molar-refractivity contribution >= 4 is 9.84 Å². The van der Waals surface area contributed by atoms with Crippen LogP contribution in [0.25, 0.3) is 0 Å². The van der Waals surface area contributed by atoms with Crippen LogP contribution in [0.1, 0.15) is 32.6 Å². The van der Waals surface area contributed by atoms with Gasteiger partial charge in [0, 0.05) is 25.3 Å². The molecule has 0 aromatic heterocycles. The van der Waals surface area contributed by atoms with Gasteiger partial charge in [-0.2, -0.15) is 0 Å². The second-order valence-electron chi connectivity index (χ2n) is 4.04. The molecule has 0 aromatic carbocycles.